The van der Waals surface area contributed by atoms with Crippen LogP contribution in [0.2, 0.25) is 0 Å². The van der Waals surface area contributed by atoms with Crippen LogP contribution in [0.4, 0.5) is 0 Å². The van der Waals surface area contributed by atoms with Crippen molar-refractivity contribution in [3.63, 3.8) is 0 Å². The first-order valence-corrected chi connectivity index (χ1v) is 25.0. The second-order valence-electron chi connectivity index (χ2n) is 16.0. The van der Waals surface area contributed by atoms with E-state index in [1.807, 2.05) is 12.2 Å². The van der Waals surface area contributed by atoms with E-state index in [0.717, 1.165) is 103 Å². The molecule has 63 heavy (non-hydrogen) atoms. The molecule has 1 atom stereocenters. The maximum Gasteiger partial charge on any atom is 0.306 e. The van der Waals surface area contributed by atoms with Gasteiger partial charge in [-0.3, -0.25) is 14.4 Å². The Bertz CT molecular complexity index is 1370. The molecule has 0 aromatic heterocycles. The minimum absolute atomic E-state index is 0.131. The number of carbonyl (C=O) groups excluding carboxylic acids is 3. The van der Waals surface area contributed by atoms with E-state index >= 15 is 0 Å². The quantitative estimate of drug-likeness (QED) is 0.0263. The molecule has 0 aliphatic heterocycles. The Hall–Kier alpha value is -4.19. The Balaban J connectivity index is 4.58. The summed E-state index contributed by atoms with van der Waals surface area (Å²) in [6.45, 7) is 6.26. The summed E-state index contributed by atoms with van der Waals surface area (Å²) in [7, 11) is 0. The maximum atomic E-state index is 12.8. The van der Waals surface area contributed by atoms with Crippen molar-refractivity contribution in [3.8, 4) is 0 Å². The van der Waals surface area contributed by atoms with E-state index in [1.54, 1.807) is 0 Å². The standard InChI is InChI=1S/C57H90O6/c1-4-7-10-13-16-19-22-25-27-28-29-30-31-33-35-38-41-44-47-50-56(59)62-53-54(52-61-55(58)49-46-43-40-37-34-24-21-18-15-12-9-6-3)63-57(60)51-48-45-42-39-36-32-26-23-20-17-14-11-8-5-2/h7,9-10,12,16,18-19,21,25,27,29-30,32-37,41,44,54H,4-6,8,11,13-15,17,20,22-24,26,28,31,38-40,42-43,45-53H2,1-3H3/b10-7-,12-9-,19-16-,21-18-,27-25-,30-29-,35-33-,36-32-,37-34-,44-41-. The topological polar surface area (TPSA) is 78.9 Å². The lowest BCUT2D eigenvalue weighted by Crippen LogP contribution is -2.30. The summed E-state index contributed by atoms with van der Waals surface area (Å²) >= 11 is 0. The molecule has 6 nitrogen and oxygen atoms in total. The van der Waals surface area contributed by atoms with Gasteiger partial charge in [0.2, 0.25) is 0 Å². The van der Waals surface area contributed by atoms with E-state index in [1.165, 1.54) is 44.9 Å². The lowest BCUT2D eigenvalue weighted by molar-refractivity contribution is -0.166. The van der Waals surface area contributed by atoms with Crippen molar-refractivity contribution in [1.82, 2.24) is 0 Å². The van der Waals surface area contributed by atoms with Crippen LogP contribution in [0.5, 0.6) is 0 Å². The first kappa shape index (κ1) is 58.8. The van der Waals surface area contributed by atoms with Crippen LogP contribution in [-0.2, 0) is 28.6 Å². The monoisotopic (exact) mass is 871 g/mol. The van der Waals surface area contributed by atoms with Crippen molar-refractivity contribution in [2.24, 2.45) is 0 Å². The molecule has 354 valence electrons. The van der Waals surface area contributed by atoms with Crippen molar-refractivity contribution in [1.29, 1.82) is 0 Å². The van der Waals surface area contributed by atoms with Crippen molar-refractivity contribution in [2.75, 3.05) is 13.2 Å². The van der Waals surface area contributed by atoms with E-state index in [0.29, 0.717) is 12.8 Å². The highest BCUT2D eigenvalue weighted by molar-refractivity contribution is 5.71. The molecule has 6 heteroatoms. The number of esters is 3. The number of ether oxygens (including phenoxy) is 3. The van der Waals surface area contributed by atoms with E-state index in [9.17, 15) is 14.4 Å². The summed E-state index contributed by atoms with van der Waals surface area (Å²) < 4.78 is 16.6. The molecule has 0 amide bonds. The van der Waals surface area contributed by atoms with Crippen molar-refractivity contribution in [2.45, 2.75) is 207 Å². The zero-order valence-corrected chi connectivity index (χ0v) is 40.3. The fourth-order valence-electron chi connectivity index (χ4n) is 6.24. The summed E-state index contributed by atoms with van der Waals surface area (Å²) in [5, 5.41) is 0. The molecule has 0 aliphatic rings. The smallest absolute Gasteiger partial charge is 0.306 e. The number of hydrogen-bond donors (Lipinski definition) is 0. The zero-order chi connectivity index (χ0) is 45.8. The fraction of sp³-hybridized carbons (Fsp3) is 0.596. The van der Waals surface area contributed by atoms with Gasteiger partial charge in [-0.1, -0.05) is 187 Å². The molecule has 0 saturated carbocycles. The van der Waals surface area contributed by atoms with Crippen LogP contribution in [0.3, 0.4) is 0 Å². The van der Waals surface area contributed by atoms with Crippen LogP contribution >= 0.6 is 0 Å². The summed E-state index contributed by atoms with van der Waals surface area (Å²) in [4.78, 5) is 37.9. The first-order valence-electron chi connectivity index (χ1n) is 25.0. The number of allylic oxidation sites excluding steroid dienone is 20. The molecule has 0 rings (SSSR count). The van der Waals surface area contributed by atoms with Gasteiger partial charge in [-0.25, -0.2) is 0 Å². The number of unbranched alkanes of at least 4 members (excludes halogenated alkanes) is 12. The second kappa shape index (κ2) is 50.5. The molecule has 1 unspecified atom stereocenters. The Morgan fingerprint density at radius 3 is 1.11 bits per heavy atom. The summed E-state index contributed by atoms with van der Waals surface area (Å²) in [6.07, 6.45) is 69.1. The molecule has 0 saturated heterocycles. The van der Waals surface area contributed by atoms with Gasteiger partial charge in [0.15, 0.2) is 6.10 Å². The Morgan fingerprint density at radius 2 is 0.651 bits per heavy atom. The number of carbonyl (C=O) groups is 3. The largest absolute Gasteiger partial charge is 0.462 e. The molecule has 0 heterocycles. The van der Waals surface area contributed by atoms with Crippen LogP contribution in [0.1, 0.15) is 201 Å². The predicted molar refractivity (Wildman–Crippen MR) is 269 cm³/mol. The molecule has 0 bridgehead atoms. The summed E-state index contributed by atoms with van der Waals surface area (Å²) in [5.41, 5.74) is 0. The average molecular weight is 871 g/mol. The van der Waals surface area contributed by atoms with Crippen molar-refractivity contribution in [3.05, 3.63) is 122 Å². The lowest BCUT2D eigenvalue weighted by atomic mass is 10.1. The van der Waals surface area contributed by atoms with Gasteiger partial charge in [0, 0.05) is 19.3 Å². The zero-order valence-electron chi connectivity index (χ0n) is 40.3. The van der Waals surface area contributed by atoms with Gasteiger partial charge < -0.3 is 14.2 Å². The van der Waals surface area contributed by atoms with Gasteiger partial charge in [0.05, 0.1) is 0 Å². The molecule has 0 aromatic rings. The number of rotatable bonds is 43. The number of hydrogen-bond acceptors (Lipinski definition) is 6. The van der Waals surface area contributed by atoms with E-state index in [-0.39, 0.29) is 50.4 Å². The van der Waals surface area contributed by atoms with Gasteiger partial charge in [0.1, 0.15) is 13.2 Å². The van der Waals surface area contributed by atoms with Gasteiger partial charge in [-0.05, 0) is 116 Å². The molecule has 0 aliphatic carbocycles. The highest BCUT2D eigenvalue weighted by atomic mass is 16.6. The van der Waals surface area contributed by atoms with Gasteiger partial charge >= 0.3 is 17.9 Å². The molecule has 0 spiro atoms. The van der Waals surface area contributed by atoms with Crippen LogP contribution in [0.25, 0.3) is 0 Å². The molecular formula is C57H90O6. The van der Waals surface area contributed by atoms with E-state index in [4.69, 9.17) is 14.2 Å². The Labute approximate surface area is 386 Å². The fourth-order valence-corrected chi connectivity index (χ4v) is 6.24. The maximum absolute atomic E-state index is 12.8. The Morgan fingerprint density at radius 1 is 0.333 bits per heavy atom. The van der Waals surface area contributed by atoms with Crippen LogP contribution in [-0.4, -0.2) is 37.2 Å². The molecule has 0 aromatic carbocycles. The normalized spacial score (nSPS) is 13.1. The van der Waals surface area contributed by atoms with Gasteiger partial charge in [-0.2, -0.15) is 0 Å². The van der Waals surface area contributed by atoms with Gasteiger partial charge in [0.25, 0.3) is 0 Å². The summed E-state index contributed by atoms with van der Waals surface area (Å²) in [6, 6.07) is 0. The van der Waals surface area contributed by atoms with Crippen LogP contribution < -0.4 is 0 Å². The first-order chi connectivity index (χ1) is 31.0. The predicted octanol–water partition coefficient (Wildman–Crippen LogP) is 16.5. The van der Waals surface area contributed by atoms with Gasteiger partial charge in [-0.15, -0.1) is 0 Å². The highest BCUT2D eigenvalue weighted by Gasteiger charge is 2.19. The highest BCUT2D eigenvalue weighted by Crippen LogP contribution is 2.11. The Kier molecular flexibility index (Phi) is 47.1. The SMILES string of the molecule is CC/C=C\C/C=C\C/C=C\C/C=C\C/C=C\C/C=C\CCC(=O)OCC(COC(=O)CCCC/C=C\C/C=C\C/C=C\CC)OC(=O)CCCCC/C=C\CCCCCCCCC. The average Bonchev–Trinajstić information content (AvgIpc) is 3.28. The third-order valence-electron chi connectivity index (χ3n) is 9.94. The van der Waals surface area contributed by atoms with E-state index < -0.39 is 6.10 Å². The van der Waals surface area contributed by atoms with Crippen LogP contribution in [0.15, 0.2) is 122 Å². The minimum atomic E-state index is -0.834. The lowest BCUT2D eigenvalue weighted by Gasteiger charge is -2.18. The molecule has 0 N–H and O–H groups in total. The minimum Gasteiger partial charge on any atom is -0.462 e. The van der Waals surface area contributed by atoms with Crippen molar-refractivity contribution >= 4 is 17.9 Å². The van der Waals surface area contributed by atoms with Crippen molar-refractivity contribution < 1.29 is 28.6 Å². The molecular weight excluding hydrogens is 781 g/mol. The van der Waals surface area contributed by atoms with Crippen LogP contribution in [0, 0.1) is 0 Å². The third kappa shape index (κ3) is 48.7. The molecule has 0 fully saturated rings. The van der Waals surface area contributed by atoms with E-state index in [2.05, 4.69) is 130 Å². The summed E-state index contributed by atoms with van der Waals surface area (Å²) in [5.74, 6) is -1.08. The second-order valence-corrected chi connectivity index (χ2v) is 16.0. The third-order valence-corrected chi connectivity index (χ3v) is 9.94. The molecule has 0 radical (unpaired) electrons.